The maximum atomic E-state index is 3.55. The van der Waals surface area contributed by atoms with E-state index >= 15 is 0 Å². The molecule has 0 aliphatic heterocycles. The average Bonchev–Trinajstić information content (AvgIpc) is 2.29. The Morgan fingerprint density at radius 2 is 2.12 bits per heavy atom. The fourth-order valence-corrected chi connectivity index (χ4v) is 3.03. The van der Waals surface area contributed by atoms with Gasteiger partial charge in [0.25, 0.3) is 0 Å². The quantitative estimate of drug-likeness (QED) is 0.578. The Morgan fingerprint density at radius 1 is 1.35 bits per heavy atom. The summed E-state index contributed by atoms with van der Waals surface area (Å²) in [5.74, 6) is 1.91. The molecule has 0 aliphatic rings. The van der Waals surface area contributed by atoms with Gasteiger partial charge in [0.15, 0.2) is 0 Å². The summed E-state index contributed by atoms with van der Waals surface area (Å²) in [5.41, 5.74) is 1.41. The SMILES string of the molecule is CCCNCc1ccc(Br)cc1SCC(C)C. The van der Waals surface area contributed by atoms with Gasteiger partial charge in [0, 0.05) is 21.7 Å². The third kappa shape index (κ3) is 5.94. The van der Waals surface area contributed by atoms with E-state index < -0.39 is 0 Å². The van der Waals surface area contributed by atoms with Gasteiger partial charge in [-0.1, -0.05) is 42.8 Å². The Balaban J connectivity index is 2.66. The standard InChI is InChI=1S/C14H22BrNS/c1-4-7-16-9-12-5-6-13(15)8-14(12)17-10-11(2)3/h5-6,8,11,16H,4,7,9-10H2,1-3H3. The molecule has 0 saturated carbocycles. The van der Waals surface area contributed by atoms with Crippen LogP contribution in [0.3, 0.4) is 0 Å². The Hall–Kier alpha value is 0.01000. The highest BCUT2D eigenvalue weighted by atomic mass is 79.9. The molecule has 0 spiro atoms. The molecule has 17 heavy (non-hydrogen) atoms. The number of nitrogens with one attached hydrogen (secondary N) is 1. The lowest BCUT2D eigenvalue weighted by Crippen LogP contribution is -2.14. The van der Waals surface area contributed by atoms with Gasteiger partial charge in [-0.15, -0.1) is 11.8 Å². The summed E-state index contributed by atoms with van der Waals surface area (Å²) in [4.78, 5) is 1.40. The second-order valence-electron chi connectivity index (χ2n) is 4.63. The Bertz CT molecular complexity index is 339. The van der Waals surface area contributed by atoms with Crippen LogP contribution in [0.4, 0.5) is 0 Å². The molecule has 1 N–H and O–H groups in total. The van der Waals surface area contributed by atoms with Crippen molar-refractivity contribution in [3.8, 4) is 0 Å². The Labute approximate surface area is 118 Å². The van der Waals surface area contributed by atoms with Gasteiger partial charge in [-0.05, 0) is 36.6 Å². The van der Waals surface area contributed by atoms with Crippen LogP contribution >= 0.6 is 27.7 Å². The summed E-state index contributed by atoms with van der Waals surface area (Å²) in [7, 11) is 0. The third-order valence-electron chi connectivity index (χ3n) is 2.34. The fourth-order valence-electron chi connectivity index (χ4n) is 1.47. The van der Waals surface area contributed by atoms with Crippen molar-refractivity contribution in [3.05, 3.63) is 28.2 Å². The van der Waals surface area contributed by atoms with E-state index in [0.717, 1.165) is 19.0 Å². The van der Waals surface area contributed by atoms with Crippen molar-refractivity contribution in [1.82, 2.24) is 5.32 Å². The molecule has 96 valence electrons. The number of benzene rings is 1. The monoisotopic (exact) mass is 315 g/mol. The molecule has 0 aliphatic carbocycles. The van der Waals surface area contributed by atoms with Crippen LogP contribution < -0.4 is 5.32 Å². The van der Waals surface area contributed by atoms with E-state index in [0.29, 0.717) is 0 Å². The number of hydrogen-bond donors (Lipinski definition) is 1. The molecule has 0 radical (unpaired) electrons. The lowest BCUT2D eigenvalue weighted by Gasteiger charge is -2.12. The summed E-state index contributed by atoms with van der Waals surface area (Å²) < 4.78 is 1.17. The summed E-state index contributed by atoms with van der Waals surface area (Å²) in [6.45, 7) is 8.79. The van der Waals surface area contributed by atoms with Crippen LogP contribution in [-0.2, 0) is 6.54 Å². The van der Waals surface area contributed by atoms with E-state index in [1.807, 2.05) is 11.8 Å². The highest BCUT2D eigenvalue weighted by Gasteiger charge is 2.05. The van der Waals surface area contributed by atoms with E-state index in [4.69, 9.17) is 0 Å². The molecule has 1 aromatic rings. The first kappa shape index (κ1) is 15.1. The van der Waals surface area contributed by atoms with Gasteiger partial charge in [0.2, 0.25) is 0 Å². The van der Waals surface area contributed by atoms with Crippen molar-refractivity contribution in [2.45, 2.75) is 38.6 Å². The Kier molecular flexibility index (Phi) is 7.24. The van der Waals surface area contributed by atoms with Gasteiger partial charge in [-0.2, -0.15) is 0 Å². The number of hydrogen-bond acceptors (Lipinski definition) is 2. The van der Waals surface area contributed by atoms with E-state index in [1.165, 1.54) is 27.1 Å². The van der Waals surface area contributed by atoms with Crippen LogP contribution in [0.2, 0.25) is 0 Å². The minimum absolute atomic E-state index is 0.732. The number of halogens is 1. The highest BCUT2D eigenvalue weighted by molar-refractivity contribution is 9.10. The fraction of sp³-hybridized carbons (Fsp3) is 0.571. The average molecular weight is 316 g/mol. The van der Waals surface area contributed by atoms with Crippen LogP contribution in [0.25, 0.3) is 0 Å². The van der Waals surface area contributed by atoms with Gasteiger partial charge in [-0.25, -0.2) is 0 Å². The molecule has 1 nitrogen and oxygen atoms in total. The van der Waals surface area contributed by atoms with Crippen LogP contribution in [0.5, 0.6) is 0 Å². The molecule has 3 heteroatoms. The third-order valence-corrected chi connectivity index (χ3v) is 4.36. The van der Waals surface area contributed by atoms with E-state index in [9.17, 15) is 0 Å². The van der Waals surface area contributed by atoms with Crippen LogP contribution in [0.1, 0.15) is 32.8 Å². The molecular formula is C14H22BrNS. The smallest absolute Gasteiger partial charge is 0.0216 e. The number of rotatable bonds is 7. The molecular weight excluding hydrogens is 294 g/mol. The Morgan fingerprint density at radius 3 is 2.76 bits per heavy atom. The second-order valence-corrected chi connectivity index (χ2v) is 6.61. The van der Waals surface area contributed by atoms with E-state index in [-0.39, 0.29) is 0 Å². The lowest BCUT2D eigenvalue weighted by molar-refractivity contribution is 0.669. The largest absolute Gasteiger partial charge is 0.313 e. The maximum absolute atomic E-state index is 3.55. The zero-order valence-electron chi connectivity index (χ0n) is 10.9. The first-order valence-corrected chi connectivity index (χ1v) is 8.03. The van der Waals surface area contributed by atoms with Gasteiger partial charge < -0.3 is 5.32 Å². The molecule has 1 aromatic carbocycles. The minimum atomic E-state index is 0.732. The van der Waals surface area contributed by atoms with Crippen molar-refractivity contribution < 1.29 is 0 Å². The van der Waals surface area contributed by atoms with Gasteiger partial charge >= 0.3 is 0 Å². The molecule has 0 fully saturated rings. The van der Waals surface area contributed by atoms with Crippen molar-refractivity contribution in [1.29, 1.82) is 0 Å². The predicted molar refractivity (Wildman–Crippen MR) is 81.7 cm³/mol. The molecule has 0 saturated heterocycles. The van der Waals surface area contributed by atoms with E-state index in [1.54, 1.807) is 0 Å². The molecule has 0 aromatic heterocycles. The predicted octanol–water partition coefficient (Wildman–Crippen LogP) is 4.70. The summed E-state index contributed by atoms with van der Waals surface area (Å²) in [6, 6.07) is 6.58. The van der Waals surface area contributed by atoms with Crippen LogP contribution in [0, 0.1) is 5.92 Å². The first-order valence-electron chi connectivity index (χ1n) is 6.25. The summed E-state index contributed by atoms with van der Waals surface area (Å²) in [5, 5.41) is 3.47. The van der Waals surface area contributed by atoms with Crippen molar-refractivity contribution >= 4 is 27.7 Å². The van der Waals surface area contributed by atoms with E-state index in [2.05, 4.69) is 60.2 Å². The molecule has 0 atom stereocenters. The molecule has 1 rings (SSSR count). The first-order chi connectivity index (χ1) is 8.13. The van der Waals surface area contributed by atoms with Crippen LogP contribution in [-0.4, -0.2) is 12.3 Å². The second kappa shape index (κ2) is 8.17. The highest BCUT2D eigenvalue weighted by Crippen LogP contribution is 2.28. The molecule has 0 amide bonds. The van der Waals surface area contributed by atoms with Crippen molar-refractivity contribution in [3.63, 3.8) is 0 Å². The summed E-state index contributed by atoms with van der Waals surface area (Å²) >= 11 is 5.51. The molecule has 0 unspecified atom stereocenters. The van der Waals surface area contributed by atoms with Gasteiger partial charge in [-0.3, -0.25) is 0 Å². The molecule has 0 bridgehead atoms. The van der Waals surface area contributed by atoms with Gasteiger partial charge in [0.05, 0.1) is 0 Å². The zero-order chi connectivity index (χ0) is 12.7. The van der Waals surface area contributed by atoms with Gasteiger partial charge in [0.1, 0.15) is 0 Å². The minimum Gasteiger partial charge on any atom is -0.313 e. The van der Waals surface area contributed by atoms with Crippen LogP contribution in [0.15, 0.2) is 27.6 Å². The topological polar surface area (TPSA) is 12.0 Å². The number of thioether (sulfide) groups is 1. The lowest BCUT2D eigenvalue weighted by atomic mass is 10.2. The maximum Gasteiger partial charge on any atom is 0.0216 e. The zero-order valence-corrected chi connectivity index (χ0v) is 13.3. The summed E-state index contributed by atoms with van der Waals surface area (Å²) in [6.07, 6.45) is 1.19. The normalized spacial score (nSPS) is 11.1. The van der Waals surface area contributed by atoms with Crippen molar-refractivity contribution in [2.75, 3.05) is 12.3 Å². The molecule has 0 heterocycles. The van der Waals surface area contributed by atoms with Crippen molar-refractivity contribution in [2.24, 2.45) is 5.92 Å².